The minimum atomic E-state index is -2.37. The molecule has 3 unspecified atom stereocenters. The van der Waals surface area contributed by atoms with Gasteiger partial charge in [0.25, 0.3) is 0 Å². The first-order valence-electron chi connectivity index (χ1n) is 10.9. The van der Waals surface area contributed by atoms with E-state index in [4.69, 9.17) is 23.4 Å². The molecule has 0 aromatic heterocycles. The predicted octanol–water partition coefficient (Wildman–Crippen LogP) is 4.03. The van der Waals surface area contributed by atoms with Gasteiger partial charge in [-0.1, -0.05) is 56.2 Å². The lowest BCUT2D eigenvalue weighted by Crippen LogP contribution is -2.64. The van der Waals surface area contributed by atoms with E-state index in [2.05, 4.69) is 30.8 Å². The van der Waals surface area contributed by atoms with Crippen LogP contribution in [0.25, 0.3) is 10.4 Å². The zero-order chi connectivity index (χ0) is 24.4. The molecular weight excluding hydrogens is 446 g/mol. The molecule has 1 aromatic rings. The lowest BCUT2D eigenvalue weighted by atomic mass is 9.96. The lowest BCUT2D eigenvalue weighted by molar-refractivity contribution is -0.333. The molecule has 0 N–H and O–H groups in total. The average molecular weight is 478 g/mol. The minimum Gasteiger partial charge on any atom is -0.453 e. The summed E-state index contributed by atoms with van der Waals surface area (Å²) in [7, 11) is -2.37. The van der Waals surface area contributed by atoms with E-state index in [0.29, 0.717) is 0 Å². The number of esters is 1. The van der Waals surface area contributed by atoms with E-state index in [-0.39, 0.29) is 11.6 Å². The van der Waals surface area contributed by atoms with Gasteiger partial charge in [0.1, 0.15) is 24.4 Å². The van der Waals surface area contributed by atoms with Crippen LogP contribution in [-0.2, 0) is 33.0 Å². The summed E-state index contributed by atoms with van der Waals surface area (Å²) in [6.45, 7) is 11.5. The van der Waals surface area contributed by atoms with Crippen molar-refractivity contribution < 1.29 is 33.0 Å². The van der Waals surface area contributed by atoms with Gasteiger partial charge < -0.3 is 23.4 Å². The van der Waals surface area contributed by atoms with E-state index in [0.717, 1.165) is 12.5 Å². The Morgan fingerprint density at radius 1 is 1.18 bits per heavy atom. The number of azide groups is 1. The Morgan fingerprint density at radius 2 is 1.85 bits per heavy atom. The van der Waals surface area contributed by atoms with E-state index in [9.17, 15) is 15.1 Å². The predicted molar refractivity (Wildman–Crippen MR) is 120 cm³/mol. The Kier molecular flexibility index (Phi) is 7.62. The number of benzene rings is 1. The van der Waals surface area contributed by atoms with Crippen molar-refractivity contribution in [2.75, 3.05) is 6.61 Å². The fourth-order valence-corrected chi connectivity index (χ4v) is 4.56. The highest BCUT2D eigenvalue weighted by atomic mass is 28.4. The molecule has 3 rings (SSSR count). The largest absolute Gasteiger partial charge is 0.453 e. The van der Waals surface area contributed by atoms with Crippen LogP contribution in [0.5, 0.6) is 0 Å². The second-order valence-electron chi connectivity index (χ2n) is 9.72. The first-order valence-corrected chi connectivity index (χ1v) is 13.8. The maximum Gasteiger partial charge on any atom is 0.374 e. The summed E-state index contributed by atoms with van der Waals surface area (Å²) in [6, 6.07) is 8.22. The molecule has 0 amide bonds. The minimum absolute atomic E-state index is 0.138. The van der Waals surface area contributed by atoms with Crippen LogP contribution < -0.4 is 0 Å². The molecule has 2 aliphatic rings. The van der Waals surface area contributed by atoms with Crippen LogP contribution in [-0.4, -0.2) is 57.3 Å². The quantitative estimate of drug-likeness (QED) is 0.151. The number of carbonyl (C=O) groups excluding carboxylic acids is 2. The molecule has 180 valence electrons. The zero-order valence-electron chi connectivity index (χ0n) is 19.8. The van der Waals surface area contributed by atoms with Crippen molar-refractivity contribution in [3.63, 3.8) is 0 Å². The van der Waals surface area contributed by atoms with Gasteiger partial charge in [0.2, 0.25) is 5.78 Å². The van der Waals surface area contributed by atoms with Crippen molar-refractivity contribution in [3.05, 3.63) is 46.3 Å². The van der Waals surface area contributed by atoms with E-state index < -0.39 is 57.0 Å². The van der Waals surface area contributed by atoms with Crippen molar-refractivity contribution in [3.8, 4) is 0 Å². The molecular formula is C22H31N3O7Si. The Labute approximate surface area is 194 Å². The van der Waals surface area contributed by atoms with E-state index in [1.807, 2.05) is 43.4 Å². The third kappa shape index (κ3) is 5.63. The van der Waals surface area contributed by atoms with Crippen LogP contribution in [0.4, 0.5) is 0 Å². The molecule has 0 aliphatic carbocycles. The highest BCUT2D eigenvalue weighted by Crippen LogP contribution is 2.42. The molecule has 6 atom stereocenters. The highest BCUT2D eigenvalue weighted by Gasteiger charge is 2.54. The maximum absolute atomic E-state index is 12.3. The van der Waals surface area contributed by atoms with Crippen molar-refractivity contribution >= 4 is 20.1 Å². The summed E-state index contributed by atoms with van der Waals surface area (Å²) in [5.41, 5.74) is 10.0. The van der Waals surface area contributed by atoms with Gasteiger partial charge in [-0.3, -0.25) is 4.79 Å². The molecule has 10 nitrogen and oxygen atoms in total. The van der Waals surface area contributed by atoms with Gasteiger partial charge >= 0.3 is 5.97 Å². The normalized spacial score (nSPS) is 30.0. The Balaban J connectivity index is 1.95. The zero-order valence-corrected chi connectivity index (χ0v) is 20.8. The van der Waals surface area contributed by atoms with E-state index >= 15 is 0 Å². The third-order valence-electron chi connectivity index (χ3n) is 6.31. The number of hydrogen-bond donors (Lipinski definition) is 0. The van der Waals surface area contributed by atoms with Gasteiger partial charge in [-0.2, -0.15) is 0 Å². The molecule has 0 radical (unpaired) electrons. The summed E-state index contributed by atoms with van der Waals surface area (Å²) in [5, 5.41) is 3.70. The van der Waals surface area contributed by atoms with Crippen molar-refractivity contribution in [1.82, 2.24) is 0 Å². The topological polar surface area (TPSA) is 129 Å². The summed E-state index contributed by atoms with van der Waals surface area (Å²) in [5.74, 6) is -1.82. The molecule has 1 aromatic carbocycles. The number of nitrogens with zero attached hydrogens (tertiary/aromatic N) is 3. The van der Waals surface area contributed by atoms with Crippen LogP contribution in [0.2, 0.25) is 18.1 Å². The molecule has 0 bridgehead atoms. The van der Waals surface area contributed by atoms with Gasteiger partial charge in [-0.15, -0.1) is 0 Å². The Morgan fingerprint density at radius 3 is 2.42 bits per heavy atom. The van der Waals surface area contributed by atoms with Crippen LogP contribution in [0.1, 0.15) is 39.5 Å². The first-order chi connectivity index (χ1) is 15.4. The number of Topliss-reactive ketones (excluding diaryl/α,β-unsaturated/α-hetero) is 1. The molecule has 2 heterocycles. The molecule has 2 fully saturated rings. The van der Waals surface area contributed by atoms with Crippen LogP contribution in [0, 0.1) is 0 Å². The van der Waals surface area contributed by atoms with Gasteiger partial charge in [0.15, 0.2) is 20.9 Å². The summed E-state index contributed by atoms with van der Waals surface area (Å²) >= 11 is 0. The molecule has 33 heavy (non-hydrogen) atoms. The number of hydrogen-bond acceptors (Lipinski definition) is 8. The number of carbonyl (C=O) groups is 2. The second kappa shape index (κ2) is 9.92. The first kappa shape index (κ1) is 25.4. The smallest absolute Gasteiger partial charge is 0.374 e. The fourth-order valence-electron chi connectivity index (χ4n) is 3.43. The molecule has 2 aliphatic heterocycles. The summed E-state index contributed by atoms with van der Waals surface area (Å²) in [4.78, 5) is 26.9. The SMILES string of the molecule is CC(=O)C(=O)OC1[C@@H]2OC(c3ccccc3)OCC2O[C@@H](O[Si](C)(C)C(C)(C)C)[C@H]1N=[N+]=[N-]. The molecule has 2 saturated heterocycles. The van der Waals surface area contributed by atoms with Gasteiger partial charge in [-0.25, -0.2) is 4.79 Å². The number of ether oxygens (including phenoxy) is 4. The monoisotopic (exact) mass is 477 g/mol. The van der Waals surface area contributed by atoms with Gasteiger partial charge in [0, 0.05) is 17.4 Å². The molecule has 0 saturated carbocycles. The van der Waals surface area contributed by atoms with Crippen LogP contribution in [0.3, 0.4) is 0 Å². The number of fused-ring (bicyclic) bond motifs is 1. The summed E-state index contributed by atoms with van der Waals surface area (Å²) < 4.78 is 30.1. The maximum atomic E-state index is 12.3. The second-order valence-corrected chi connectivity index (χ2v) is 14.5. The van der Waals surface area contributed by atoms with Crippen LogP contribution in [0.15, 0.2) is 35.4 Å². The van der Waals surface area contributed by atoms with Crippen molar-refractivity contribution in [2.24, 2.45) is 5.11 Å². The Hall–Kier alpha value is -2.27. The van der Waals surface area contributed by atoms with E-state index in [1.165, 1.54) is 0 Å². The third-order valence-corrected chi connectivity index (χ3v) is 10.7. The van der Waals surface area contributed by atoms with E-state index in [1.54, 1.807) is 0 Å². The Bertz CT molecular complexity index is 914. The van der Waals surface area contributed by atoms with Gasteiger partial charge in [-0.05, 0) is 23.7 Å². The number of ketones is 1. The van der Waals surface area contributed by atoms with Crippen molar-refractivity contribution in [1.29, 1.82) is 0 Å². The fraction of sp³-hybridized carbons (Fsp3) is 0.636. The highest BCUT2D eigenvalue weighted by molar-refractivity contribution is 6.74. The standard InChI is InChI=1S/C22H31N3O7Si/c1-13(26)19(27)30-18-16(24-25-23)21(32-33(5,6)22(2,3)4)29-15-12-28-20(31-17(15)18)14-10-8-7-9-11-14/h7-11,15-18,20-21H,12H2,1-6H3/t15?,16-,17+,18?,20?,21-/m0/s1. The lowest BCUT2D eigenvalue weighted by Gasteiger charge is -2.50. The summed E-state index contributed by atoms with van der Waals surface area (Å²) in [6.07, 6.45) is -4.31. The molecule has 0 spiro atoms. The van der Waals surface area contributed by atoms with Crippen LogP contribution >= 0.6 is 0 Å². The number of rotatable bonds is 6. The average Bonchev–Trinajstić information content (AvgIpc) is 2.75. The van der Waals surface area contributed by atoms with Gasteiger partial charge in [0.05, 0.1) is 6.61 Å². The van der Waals surface area contributed by atoms with Crippen molar-refractivity contribution in [2.45, 2.75) is 82.8 Å². The molecule has 11 heteroatoms.